The lowest BCUT2D eigenvalue weighted by atomic mass is 10.0. The van der Waals surface area contributed by atoms with E-state index >= 15 is 0 Å². The van der Waals surface area contributed by atoms with Crippen LogP contribution in [0.5, 0.6) is 0 Å². The monoisotopic (exact) mass is 235 g/mol. The van der Waals surface area contributed by atoms with Crippen LogP contribution in [0.15, 0.2) is 30.3 Å². The molecule has 0 aliphatic carbocycles. The van der Waals surface area contributed by atoms with E-state index in [0.717, 1.165) is 19.4 Å². The van der Waals surface area contributed by atoms with Crippen molar-refractivity contribution in [1.29, 1.82) is 0 Å². The first-order chi connectivity index (χ1) is 8.27. The van der Waals surface area contributed by atoms with Crippen molar-refractivity contribution < 1.29 is 5.11 Å². The van der Waals surface area contributed by atoms with Gasteiger partial charge in [0.1, 0.15) is 0 Å². The smallest absolute Gasteiger partial charge is 0.0434 e. The largest absolute Gasteiger partial charge is 0.396 e. The molecule has 0 bridgehead atoms. The predicted octanol–water partition coefficient (Wildman–Crippen LogP) is 3.14. The Morgan fingerprint density at radius 1 is 1.18 bits per heavy atom. The third kappa shape index (κ3) is 5.33. The third-order valence-corrected chi connectivity index (χ3v) is 3.11. The van der Waals surface area contributed by atoms with Crippen LogP contribution in [0.3, 0.4) is 0 Å². The first-order valence-electron chi connectivity index (χ1n) is 6.67. The van der Waals surface area contributed by atoms with Crippen molar-refractivity contribution in [1.82, 2.24) is 5.32 Å². The molecule has 2 heteroatoms. The fourth-order valence-electron chi connectivity index (χ4n) is 2.03. The van der Waals surface area contributed by atoms with Gasteiger partial charge >= 0.3 is 0 Å². The van der Waals surface area contributed by atoms with Gasteiger partial charge in [0.2, 0.25) is 0 Å². The minimum Gasteiger partial charge on any atom is -0.396 e. The summed E-state index contributed by atoms with van der Waals surface area (Å²) >= 11 is 0. The highest BCUT2D eigenvalue weighted by molar-refractivity contribution is 5.18. The summed E-state index contributed by atoms with van der Waals surface area (Å²) in [6.07, 6.45) is 3.22. The average Bonchev–Trinajstić information content (AvgIpc) is 2.36. The average molecular weight is 235 g/mol. The Bertz CT molecular complexity index is 286. The zero-order valence-electron chi connectivity index (χ0n) is 11.0. The molecule has 0 radical (unpaired) electrons. The fourth-order valence-corrected chi connectivity index (χ4v) is 2.03. The molecule has 0 aromatic heterocycles. The number of hydrogen-bond donors (Lipinski definition) is 2. The highest BCUT2D eigenvalue weighted by Gasteiger charge is 2.10. The SMILES string of the molecule is CCCC(NCC(C)CCO)c1ccccc1. The second-order valence-electron chi connectivity index (χ2n) is 4.78. The standard InChI is InChI=1S/C15H25NO/c1-3-7-15(14-8-5-4-6-9-14)16-12-13(2)10-11-17/h4-6,8-9,13,15-17H,3,7,10-12H2,1-2H3. The summed E-state index contributed by atoms with van der Waals surface area (Å²) in [6, 6.07) is 11.1. The van der Waals surface area contributed by atoms with Crippen molar-refractivity contribution in [3.8, 4) is 0 Å². The van der Waals surface area contributed by atoms with Gasteiger partial charge in [0.15, 0.2) is 0 Å². The third-order valence-electron chi connectivity index (χ3n) is 3.11. The lowest BCUT2D eigenvalue weighted by molar-refractivity contribution is 0.257. The van der Waals surface area contributed by atoms with Gasteiger partial charge in [0, 0.05) is 12.6 Å². The van der Waals surface area contributed by atoms with Crippen LogP contribution >= 0.6 is 0 Å². The summed E-state index contributed by atoms with van der Waals surface area (Å²) in [6.45, 7) is 5.65. The molecule has 0 aliphatic heterocycles. The predicted molar refractivity (Wildman–Crippen MR) is 73.0 cm³/mol. The molecule has 2 unspecified atom stereocenters. The van der Waals surface area contributed by atoms with Crippen LogP contribution in [0.25, 0.3) is 0 Å². The number of rotatable bonds is 8. The minimum atomic E-state index is 0.284. The molecule has 0 aliphatic rings. The van der Waals surface area contributed by atoms with Gasteiger partial charge in [-0.05, 0) is 30.9 Å². The molecule has 0 heterocycles. The van der Waals surface area contributed by atoms with E-state index in [1.165, 1.54) is 12.0 Å². The highest BCUT2D eigenvalue weighted by atomic mass is 16.3. The molecule has 2 nitrogen and oxygen atoms in total. The maximum atomic E-state index is 8.89. The van der Waals surface area contributed by atoms with Crippen LogP contribution in [-0.2, 0) is 0 Å². The number of aliphatic hydroxyl groups is 1. The van der Waals surface area contributed by atoms with Crippen LogP contribution in [-0.4, -0.2) is 18.3 Å². The number of benzene rings is 1. The summed E-state index contributed by atoms with van der Waals surface area (Å²) in [5.74, 6) is 0.531. The van der Waals surface area contributed by atoms with Crippen LogP contribution in [0.4, 0.5) is 0 Å². The van der Waals surface area contributed by atoms with Crippen molar-refractivity contribution in [2.75, 3.05) is 13.2 Å². The fraction of sp³-hybridized carbons (Fsp3) is 0.600. The molecule has 96 valence electrons. The zero-order valence-corrected chi connectivity index (χ0v) is 11.0. The van der Waals surface area contributed by atoms with Crippen LogP contribution in [0, 0.1) is 5.92 Å². The molecule has 0 spiro atoms. The Balaban J connectivity index is 2.49. The van der Waals surface area contributed by atoms with E-state index in [2.05, 4.69) is 49.5 Å². The van der Waals surface area contributed by atoms with Crippen molar-refractivity contribution >= 4 is 0 Å². The van der Waals surface area contributed by atoms with Crippen molar-refractivity contribution in [2.24, 2.45) is 5.92 Å². The normalized spacial score (nSPS) is 14.5. The van der Waals surface area contributed by atoms with Crippen LogP contribution < -0.4 is 5.32 Å². The zero-order chi connectivity index (χ0) is 12.5. The Morgan fingerprint density at radius 2 is 1.88 bits per heavy atom. The van der Waals surface area contributed by atoms with Crippen LogP contribution in [0.1, 0.15) is 44.7 Å². The van der Waals surface area contributed by atoms with Gasteiger partial charge in [0.25, 0.3) is 0 Å². The summed E-state index contributed by atoms with van der Waals surface area (Å²) in [4.78, 5) is 0. The molecule has 17 heavy (non-hydrogen) atoms. The first-order valence-corrected chi connectivity index (χ1v) is 6.67. The Kier molecular flexibility index (Phi) is 6.90. The van der Waals surface area contributed by atoms with E-state index in [4.69, 9.17) is 5.11 Å². The Morgan fingerprint density at radius 3 is 2.47 bits per heavy atom. The summed E-state index contributed by atoms with van der Waals surface area (Å²) < 4.78 is 0. The van der Waals surface area contributed by atoms with Gasteiger partial charge in [-0.15, -0.1) is 0 Å². The molecular weight excluding hydrogens is 210 g/mol. The van der Waals surface area contributed by atoms with E-state index in [9.17, 15) is 0 Å². The molecule has 0 amide bonds. The molecule has 2 atom stereocenters. The van der Waals surface area contributed by atoms with Gasteiger partial charge in [-0.2, -0.15) is 0 Å². The molecule has 0 saturated carbocycles. The topological polar surface area (TPSA) is 32.3 Å². The minimum absolute atomic E-state index is 0.284. The lowest BCUT2D eigenvalue weighted by Gasteiger charge is -2.21. The van der Waals surface area contributed by atoms with Crippen molar-refractivity contribution in [3.63, 3.8) is 0 Å². The summed E-state index contributed by atoms with van der Waals surface area (Å²) in [5, 5.41) is 12.5. The highest BCUT2D eigenvalue weighted by Crippen LogP contribution is 2.18. The summed E-state index contributed by atoms with van der Waals surface area (Å²) in [5.41, 5.74) is 1.37. The summed E-state index contributed by atoms with van der Waals surface area (Å²) in [7, 11) is 0. The molecule has 1 aromatic carbocycles. The number of nitrogens with one attached hydrogen (secondary N) is 1. The molecule has 2 N–H and O–H groups in total. The van der Waals surface area contributed by atoms with Gasteiger partial charge < -0.3 is 10.4 Å². The molecule has 1 rings (SSSR count). The first kappa shape index (κ1) is 14.2. The van der Waals surface area contributed by atoms with Crippen molar-refractivity contribution in [3.05, 3.63) is 35.9 Å². The second-order valence-corrected chi connectivity index (χ2v) is 4.78. The molecule has 0 saturated heterocycles. The van der Waals surface area contributed by atoms with Gasteiger partial charge in [-0.1, -0.05) is 50.6 Å². The van der Waals surface area contributed by atoms with E-state index in [0.29, 0.717) is 12.0 Å². The van der Waals surface area contributed by atoms with Gasteiger partial charge in [-0.25, -0.2) is 0 Å². The Hall–Kier alpha value is -0.860. The number of aliphatic hydroxyl groups excluding tert-OH is 1. The number of hydrogen-bond acceptors (Lipinski definition) is 2. The van der Waals surface area contributed by atoms with E-state index in [1.54, 1.807) is 0 Å². The molecule has 0 fully saturated rings. The van der Waals surface area contributed by atoms with E-state index in [1.807, 2.05) is 0 Å². The maximum Gasteiger partial charge on any atom is 0.0434 e. The van der Waals surface area contributed by atoms with E-state index in [-0.39, 0.29) is 6.61 Å². The second kappa shape index (κ2) is 8.26. The van der Waals surface area contributed by atoms with Crippen molar-refractivity contribution in [2.45, 2.75) is 39.2 Å². The molecular formula is C15H25NO. The van der Waals surface area contributed by atoms with Gasteiger partial charge in [-0.3, -0.25) is 0 Å². The van der Waals surface area contributed by atoms with Gasteiger partial charge in [0.05, 0.1) is 0 Å². The Labute approximate surface area is 105 Å². The molecule has 1 aromatic rings. The maximum absolute atomic E-state index is 8.89. The quantitative estimate of drug-likeness (QED) is 0.725. The van der Waals surface area contributed by atoms with Crippen LogP contribution in [0.2, 0.25) is 0 Å². The lowest BCUT2D eigenvalue weighted by Crippen LogP contribution is -2.26. The van der Waals surface area contributed by atoms with E-state index < -0.39 is 0 Å².